The molecule has 0 amide bonds. The molecule has 0 saturated heterocycles. The number of carbonyl (C=O) groups is 1. The molecule has 1 aromatic heterocycles. The van der Waals surface area contributed by atoms with Crippen molar-refractivity contribution in [1.29, 1.82) is 0 Å². The van der Waals surface area contributed by atoms with Crippen LogP contribution in [0.15, 0.2) is 6.07 Å². The summed E-state index contributed by atoms with van der Waals surface area (Å²) in [6, 6.07) is 1.01. The summed E-state index contributed by atoms with van der Waals surface area (Å²) in [5, 5.41) is -0.108. The quantitative estimate of drug-likeness (QED) is 0.658. The number of halogens is 3. The third kappa shape index (κ3) is 2.79. The van der Waals surface area contributed by atoms with E-state index in [1.54, 1.807) is 0 Å². The van der Waals surface area contributed by atoms with Gasteiger partial charge in [0.2, 0.25) is 0 Å². The minimum absolute atomic E-state index is 0.0504. The van der Waals surface area contributed by atoms with E-state index in [2.05, 4.69) is 9.72 Å². The van der Waals surface area contributed by atoms with Crippen LogP contribution in [0.4, 0.5) is 14.5 Å². The largest absolute Gasteiger partial charge is 0.469 e. The maximum atomic E-state index is 12.6. The smallest absolute Gasteiger partial charge is 0.311 e. The molecule has 0 bridgehead atoms. The predicted octanol–water partition coefficient (Wildman–Crippen LogP) is 1.97. The fourth-order valence-corrected chi connectivity index (χ4v) is 1.25. The molecule has 1 heterocycles. The van der Waals surface area contributed by atoms with E-state index in [-0.39, 0.29) is 23.0 Å². The Balaban J connectivity index is 3.14. The number of carbonyl (C=O) groups excluding carboxylic acids is 1. The third-order valence-corrected chi connectivity index (χ3v) is 2.19. The van der Waals surface area contributed by atoms with Crippen molar-refractivity contribution in [3.05, 3.63) is 22.5 Å². The summed E-state index contributed by atoms with van der Waals surface area (Å²) in [5.41, 5.74) is 4.76. The highest BCUT2D eigenvalue weighted by molar-refractivity contribution is 6.31. The van der Waals surface area contributed by atoms with E-state index < -0.39 is 18.0 Å². The number of nitrogen functional groups attached to an aromatic ring is 1. The number of pyridine rings is 1. The zero-order valence-corrected chi connectivity index (χ0v) is 9.09. The third-order valence-electron chi connectivity index (χ3n) is 1.89. The van der Waals surface area contributed by atoms with Gasteiger partial charge in [0.1, 0.15) is 0 Å². The molecule has 0 unspecified atom stereocenters. The minimum Gasteiger partial charge on any atom is -0.469 e. The van der Waals surface area contributed by atoms with Crippen molar-refractivity contribution in [3.8, 4) is 0 Å². The number of nitrogens with two attached hydrogens (primary N) is 1. The molecule has 0 fully saturated rings. The van der Waals surface area contributed by atoms with Crippen molar-refractivity contribution in [1.82, 2.24) is 4.98 Å². The lowest BCUT2D eigenvalue weighted by Gasteiger charge is -2.09. The van der Waals surface area contributed by atoms with Gasteiger partial charge in [0.25, 0.3) is 6.43 Å². The number of hydrogen-bond donors (Lipinski definition) is 1. The minimum atomic E-state index is -2.77. The van der Waals surface area contributed by atoms with Crippen LogP contribution in [0.3, 0.4) is 0 Å². The van der Waals surface area contributed by atoms with E-state index in [4.69, 9.17) is 17.3 Å². The number of aromatic nitrogens is 1. The van der Waals surface area contributed by atoms with Gasteiger partial charge in [0, 0.05) is 5.56 Å². The number of esters is 1. The van der Waals surface area contributed by atoms with Crippen molar-refractivity contribution >= 4 is 23.3 Å². The fourth-order valence-electron chi connectivity index (χ4n) is 1.10. The van der Waals surface area contributed by atoms with Crippen molar-refractivity contribution in [2.24, 2.45) is 0 Å². The Hall–Kier alpha value is -1.43. The summed E-state index contributed by atoms with van der Waals surface area (Å²) in [7, 11) is 1.16. The molecule has 0 atom stereocenters. The Morgan fingerprint density at radius 2 is 2.31 bits per heavy atom. The van der Waals surface area contributed by atoms with Gasteiger partial charge in [0.15, 0.2) is 5.15 Å². The van der Waals surface area contributed by atoms with Gasteiger partial charge < -0.3 is 10.5 Å². The van der Waals surface area contributed by atoms with E-state index in [1.807, 2.05) is 0 Å². The number of anilines is 1. The van der Waals surface area contributed by atoms with Gasteiger partial charge in [-0.25, -0.2) is 13.8 Å². The van der Waals surface area contributed by atoms with E-state index in [0.717, 1.165) is 13.2 Å². The van der Waals surface area contributed by atoms with Crippen molar-refractivity contribution in [2.75, 3.05) is 12.8 Å². The van der Waals surface area contributed by atoms with E-state index in [0.29, 0.717) is 0 Å². The molecule has 1 aromatic rings. The zero-order valence-electron chi connectivity index (χ0n) is 8.34. The number of alkyl halides is 2. The summed E-state index contributed by atoms with van der Waals surface area (Å²) in [4.78, 5) is 14.6. The van der Waals surface area contributed by atoms with Gasteiger partial charge in [-0.15, -0.1) is 0 Å². The number of rotatable bonds is 3. The van der Waals surface area contributed by atoms with E-state index in [1.165, 1.54) is 0 Å². The topological polar surface area (TPSA) is 65.2 Å². The van der Waals surface area contributed by atoms with Crippen LogP contribution in [0, 0.1) is 0 Å². The first-order valence-electron chi connectivity index (χ1n) is 4.25. The molecule has 1 rings (SSSR count). The fraction of sp³-hybridized carbons (Fsp3) is 0.333. The number of hydrogen-bond acceptors (Lipinski definition) is 4. The number of nitrogens with zero attached hydrogens (tertiary/aromatic N) is 1. The molecule has 0 aliphatic rings. The van der Waals surface area contributed by atoms with Crippen molar-refractivity contribution in [2.45, 2.75) is 12.8 Å². The molecule has 0 radical (unpaired) electrons. The molecule has 88 valence electrons. The predicted molar refractivity (Wildman–Crippen MR) is 54.3 cm³/mol. The molecule has 4 nitrogen and oxygen atoms in total. The Morgan fingerprint density at radius 1 is 1.69 bits per heavy atom. The Morgan fingerprint density at radius 3 is 2.81 bits per heavy atom. The van der Waals surface area contributed by atoms with Gasteiger partial charge in [-0.05, 0) is 6.07 Å². The zero-order chi connectivity index (χ0) is 12.3. The Labute approximate surface area is 95.4 Å². The highest BCUT2D eigenvalue weighted by Gasteiger charge is 2.19. The second kappa shape index (κ2) is 5.07. The lowest BCUT2D eigenvalue weighted by molar-refractivity contribution is -0.139. The van der Waals surface area contributed by atoms with Gasteiger partial charge in [0.05, 0.1) is 24.9 Å². The molecule has 0 saturated carbocycles. The first-order chi connectivity index (χ1) is 7.45. The van der Waals surface area contributed by atoms with E-state index in [9.17, 15) is 13.6 Å². The molecule has 0 aromatic carbocycles. The summed E-state index contributed by atoms with van der Waals surface area (Å²) in [6.07, 6.45) is -3.14. The number of ether oxygens (including phenoxy) is 1. The van der Waals surface area contributed by atoms with E-state index >= 15 is 0 Å². The Kier molecular flexibility index (Phi) is 4.00. The molecule has 0 aliphatic heterocycles. The van der Waals surface area contributed by atoms with Crippen LogP contribution in [0.2, 0.25) is 5.15 Å². The lowest BCUT2D eigenvalue weighted by atomic mass is 10.1. The van der Waals surface area contributed by atoms with Crippen molar-refractivity contribution in [3.63, 3.8) is 0 Å². The highest BCUT2D eigenvalue weighted by Crippen LogP contribution is 2.27. The highest BCUT2D eigenvalue weighted by atomic mass is 35.5. The average Bonchev–Trinajstić information content (AvgIpc) is 2.22. The lowest BCUT2D eigenvalue weighted by Crippen LogP contribution is -2.10. The molecule has 2 N–H and O–H groups in total. The Bertz CT molecular complexity index is 413. The molecule has 0 spiro atoms. The molecular weight excluding hydrogens is 242 g/mol. The maximum Gasteiger partial charge on any atom is 0.311 e. The molecule has 0 aliphatic carbocycles. The second-order valence-corrected chi connectivity index (χ2v) is 3.32. The first kappa shape index (κ1) is 12.6. The summed E-state index contributed by atoms with van der Waals surface area (Å²) >= 11 is 5.58. The van der Waals surface area contributed by atoms with Crippen LogP contribution in [0.1, 0.15) is 17.7 Å². The first-order valence-corrected chi connectivity index (χ1v) is 4.63. The normalized spacial score (nSPS) is 10.6. The SMILES string of the molecule is COC(=O)Cc1nc(Cl)c(N)cc1C(F)F. The summed E-state index contributed by atoms with van der Waals surface area (Å²) in [5.74, 6) is -0.671. The van der Waals surface area contributed by atoms with Crippen LogP contribution in [0.5, 0.6) is 0 Å². The second-order valence-electron chi connectivity index (χ2n) is 2.96. The van der Waals surface area contributed by atoms with Gasteiger partial charge in [-0.2, -0.15) is 0 Å². The summed E-state index contributed by atoms with van der Waals surface area (Å²) in [6.45, 7) is 0. The van der Waals surface area contributed by atoms with Crippen LogP contribution in [-0.2, 0) is 16.0 Å². The van der Waals surface area contributed by atoms with Gasteiger partial charge in [-0.1, -0.05) is 11.6 Å². The summed E-state index contributed by atoms with van der Waals surface area (Å²) < 4.78 is 29.6. The molecular formula is C9H9ClF2N2O2. The van der Waals surface area contributed by atoms with Gasteiger partial charge >= 0.3 is 5.97 Å². The van der Waals surface area contributed by atoms with Crippen LogP contribution in [-0.4, -0.2) is 18.1 Å². The number of methoxy groups -OCH3 is 1. The monoisotopic (exact) mass is 250 g/mol. The van der Waals surface area contributed by atoms with Crippen LogP contribution < -0.4 is 5.73 Å². The average molecular weight is 251 g/mol. The molecule has 7 heteroatoms. The molecule has 16 heavy (non-hydrogen) atoms. The maximum absolute atomic E-state index is 12.6. The van der Waals surface area contributed by atoms with Crippen LogP contribution in [0.25, 0.3) is 0 Å². The van der Waals surface area contributed by atoms with Crippen molar-refractivity contribution < 1.29 is 18.3 Å². The standard InChI is InChI=1S/C9H9ClF2N2O2/c1-16-7(15)3-6-4(9(11)12)2-5(13)8(10)14-6/h2,9H,3,13H2,1H3. The van der Waals surface area contributed by atoms with Gasteiger partial charge in [-0.3, -0.25) is 4.79 Å². The van der Waals surface area contributed by atoms with Crippen LogP contribution >= 0.6 is 11.6 Å².